The number of anilines is 2. The van der Waals surface area contributed by atoms with Gasteiger partial charge in [0.2, 0.25) is 23.6 Å². The summed E-state index contributed by atoms with van der Waals surface area (Å²) < 4.78 is 0. The Hall–Kier alpha value is -5.82. The van der Waals surface area contributed by atoms with E-state index in [0.29, 0.717) is 42.3 Å². The fraction of sp³-hybridized carbons (Fsp3) is 0.282. The maximum absolute atomic E-state index is 13.0. The van der Waals surface area contributed by atoms with Gasteiger partial charge in [-0.05, 0) is 61.6 Å². The van der Waals surface area contributed by atoms with E-state index in [2.05, 4.69) is 32.4 Å². The molecule has 10 heteroatoms. The molecular weight excluding hydrogens is 616 g/mol. The number of hydrogen-bond acceptors (Lipinski definition) is 6. The zero-order valence-corrected chi connectivity index (χ0v) is 27.8. The number of carbonyl (C=O) groups is 4. The Labute approximate surface area is 287 Å². The third-order valence-electron chi connectivity index (χ3n) is 8.28. The number of carbonyl (C=O) groups excluding carboxylic acids is 4. The number of hydrogen-bond donors (Lipinski definition) is 2. The topological polar surface area (TPSA) is 125 Å². The molecule has 2 atom stereocenters. The first-order valence-electron chi connectivity index (χ1n) is 16.5. The molecule has 0 saturated carbocycles. The highest BCUT2D eigenvalue weighted by Gasteiger charge is 2.34. The van der Waals surface area contributed by atoms with E-state index >= 15 is 0 Å². The maximum atomic E-state index is 13.0. The molecule has 0 aliphatic carbocycles. The molecular formula is C39H40N6O4. The molecule has 4 aromatic rings. The molecule has 0 unspecified atom stereocenters. The average Bonchev–Trinajstić information content (AvgIpc) is 3.62. The molecule has 1 fully saturated rings. The van der Waals surface area contributed by atoms with Gasteiger partial charge in [-0.15, -0.1) is 0 Å². The van der Waals surface area contributed by atoms with Gasteiger partial charge in [0.05, 0.1) is 12.8 Å². The lowest BCUT2D eigenvalue weighted by Crippen LogP contribution is -2.46. The average molecular weight is 657 g/mol. The predicted molar refractivity (Wildman–Crippen MR) is 188 cm³/mol. The summed E-state index contributed by atoms with van der Waals surface area (Å²) in [5.41, 5.74) is 3.10. The van der Waals surface area contributed by atoms with Crippen molar-refractivity contribution in [3.8, 4) is 11.8 Å². The Morgan fingerprint density at radius 1 is 0.816 bits per heavy atom. The molecule has 10 nitrogen and oxygen atoms in total. The second kappa shape index (κ2) is 16.8. The van der Waals surface area contributed by atoms with Crippen molar-refractivity contribution in [1.29, 1.82) is 0 Å². The van der Waals surface area contributed by atoms with E-state index in [1.54, 1.807) is 53.4 Å². The number of benzene rings is 2. The number of likely N-dealkylation sites (tertiary alicyclic amines) is 1. The Morgan fingerprint density at radius 2 is 1.39 bits per heavy atom. The summed E-state index contributed by atoms with van der Waals surface area (Å²) in [4.78, 5) is 63.9. The molecule has 5 rings (SSSR count). The number of nitrogens with zero attached hydrogens (tertiary/aromatic N) is 4. The highest BCUT2D eigenvalue weighted by atomic mass is 16.2. The minimum Gasteiger partial charge on any atom is -0.331 e. The molecule has 0 bridgehead atoms. The summed E-state index contributed by atoms with van der Waals surface area (Å²) in [5.74, 6) is 6.06. The van der Waals surface area contributed by atoms with Crippen LogP contribution in [0, 0.1) is 11.8 Å². The van der Waals surface area contributed by atoms with E-state index in [9.17, 15) is 19.2 Å². The van der Waals surface area contributed by atoms with Gasteiger partial charge in [-0.2, -0.15) is 0 Å². The Balaban J connectivity index is 1.12. The smallest absolute Gasteiger partial charge is 0.248 e. The van der Waals surface area contributed by atoms with Crippen LogP contribution in [0.15, 0.2) is 97.3 Å². The predicted octanol–water partition coefficient (Wildman–Crippen LogP) is 4.86. The van der Waals surface area contributed by atoms with Crippen LogP contribution >= 0.6 is 0 Å². The van der Waals surface area contributed by atoms with Crippen molar-refractivity contribution in [3.63, 3.8) is 0 Å². The van der Waals surface area contributed by atoms with Crippen molar-refractivity contribution < 1.29 is 19.2 Å². The van der Waals surface area contributed by atoms with Crippen LogP contribution in [-0.4, -0.2) is 68.6 Å². The van der Waals surface area contributed by atoms with Crippen molar-refractivity contribution in [2.75, 3.05) is 23.7 Å². The molecule has 1 saturated heterocycles. The normalized spacial score (nSPS) is 14.2. The summed E-state index contributed by atoms with van der Waals surface area (Å²) in [5, 5.41) is 5.64. The molecule has 4 amide bonds. The summed E-state index contributed by atoms with van der Waals surface area (Å²) in [6.07, 6.45) is 5.73. The zero-order valence-electron chi connectivity index (χ0n) is 27.8. The van der Waals surface area contributed by atoms with Crippen molar-refractivity contribution >= 4 is 35.3 Å². The monoisotopic (exact) mass is 656 g/mol. The quantitative estimate of drug-likeness (QED) is 0.222. The number of pyridine rings is 2. The summed E-state index contributed by atoms with van der Waals surface area (Å²) in [6.45, 7) is 4.72. The maximum Gasteiger partial charge on any atom is 0.248 e. The first kappa shape index (κ1) is 34.5. The van der Waals surface area contributed by atoms with Crippen molar-refractivity contribution in [2.24, 2.45) is 0 Å². The highest BCUT2D eigenvalue weighted by Crippen LogP contribution is 2.20. The Bertz CT molecular complexity index is 1800. The van der Waals surface area contributed by atoms with Crippen LogP contribution in [0.1, 0.15) is 55.4 Å². The fourth-order valence-electron chi connectivity index (χ4n) is 5.67. The van der Waals surface area contributed by atoms with Crippen LogP contribution in [0.25, 0.3) is 0 Å². The third-order valence-corrected chi connectivity index (χ3v) is 8.28. The Morgan fingerprint density at radius 3 is 1.94 bits per heavy atom. The van der Waals surface area contributed by atoms with Gasteiger partial charge in [-0.1, -0.05) is 79.4 Å². The summed E-state index contributed by atoms with van der Waals surface area (Å²) in [6, 6.07) is 24.6. The van der Waals surface area contributed by atoms with E-state index in [-0.39, 0.29) is 36.5 Å². The van der Waals surface area contributed by atoms with Gasteiger partial charge in [-0.25, -0.2) is 9.97 Å². The van der Waals surface area contributed by atoms with Gasteiger partial charge in [0.15, 0.2) is 0 Å². The molecule has 2 aromatic carbocycles. The second-order valence-corrected chi connectivity index (χ2v) is 11.9. The minimum atomic E-state index is -0.670. The number of nitrogens with one attached hydrogen (secondary N) is 2. The Kier molecular flexibility index (Phi) is 11.9. The number of rotatable bonds is 11. The van der Waals surface area contributed by atoms with Crippen LogP contribution < -0.4 is 10.6 Å². The molecule has 3 heterocycles. The van der Waals surface area contributed by atoms with Crippen molar-refractivity contribution in [2.45, 2.75) is 58.0 Å². The van der Waals surface area contributed by atoms with Gasteiger partial charge in [0.25, 0.3) is 0 Å². The number of amides is 4. The molecule has 49 heavy (non-hydrogen) atoms. The SMILES string of the molecule is CCCN(C(=O)Cc1ccccc1)[C@@H](C)C(=O)Nc1ccc(C#Cc2ccc(NC(=O)[C@@H]3CCCN3C(=O)Cc3ccccc3)nc2)cn1. The van der Waals surface area contributed by atoms with Crippen LogP contribution in [0.2, 0.25) is 0 Å². The van der Waals surface area contributed by atoms with Crippen LogP contribution in [-0.2, 0) is 32.0 Å². The van der Waals surface area contributed by atoms with Crippen LogP contribution in [0.4, 0.5) is 11.6 Å². The van der Waals surface area contributed by atoms with Crippen molar-refractivity contribution in [1.82, 2.24) is 19.8 Å². The first-order valence-corrected chi connectivity index (χ1v) is 16.5. The first-order chi connectivity index (χ1) is 23.8. The van der Waals surface area contributed by atoms with Crippen molar-refractivity contribution in [3.05, 3.63) is 120 Å². The van der Waals surface area contributed by atoms with Gasteiger partial charge in [0.1, 0.15) is 23.7 Å². The third kappa shape index (κ3) is 9.61. The van der Waals surface area contributed by atoms with E-state index < -0.39 is 12.1 Å². The van der Waals surface area contributed by atoms with E-state index in [1.165, 1.54) is 0 Å². The van der Waals surface area contributed by atoms with Crippen LogP contribution in [0.3, 0.4) is 0 Å². The summed E-state index contributed by atoms with van der Waals surface area (Å²) in [7, 11) is 0. The minimum absolute atomic E-state index is 0.0634. The summed E-state index contributed by atoms with van der Waals surface area (Å²) >= 11 is 0. The zero-order chi connectivity index (χ0) is 34.6. The lowest BCUT2D eigenvalue weighted by Gasteiger charge is -2.28. The van der Waals surface area contributed by atoms with E-state index in [0.717, 1.165) is 24.0 Å². The van der Waals surface area contributed by atoms with Crippen LogP contribution in [0.5, 0.6) is 0 Å². The lowest BCUT2D eigenvalue weighted by atomic mass is 10.1. The molecule has 0 radical (unpaired) electrons. The molecule has 0 spiro atoms. The van der Waals surface area contributed by atoms with Gasteiger partial charge in [-0.3, -0.25) is 19.2 Å². The molecule has 2 N–H and O–H groups in total. The standard InChI is InChI=1S/C39H40N6O4/c1-3-22-44(36(46)24-29-11-6-4-7-12-29)28(2)38(48)42-34-20-18-31(26-40-34)16-17-32-19-21-35(41-27-32)43-39(49)33-15-10-23-45(33)37(47)25-30-13-8-5-9-14-30/h4-9,11-14,18-21,26-28,33H,3,10,15,22-25H2,1-2H3,(H,40,42,48)(H,41,43,49)/t28-,33-/m0/s1. The second-order valence-electron chi connectivity index (χ2n) is 11.9. The van der Waals surface area contributed by atoms with E-state index in [4.69, 9.17) is 0 Å². The molecule has 1 aliphatic heterocycles. The molecule has 2 aromatic heterocycles. The van der Waals surface area contributed by atoms with E-state index in [1.807, 2.05) is 67.6 Å². The highest BCUT2D eigenvalue weighted by molar-refractivity contribution is 5.97. The fourth-order valence-corrected chi connectivity index (χ4v) is 5.67. The van der Waals surface area contributed by atoms with Gasteiger partial charge in [0, 0.05) is 36.6 Å². The largest absolute Gasteiger partial charge is 0.331 e. The molecule has 1 aliphatic rings. The number of aromatic nitrogens is 2. The van der Waals surface area contributed by atoms with Gasteiger partial charge < -0.3 is 20.4 Å². The molecule has 250 valence electrons. The van der Waals surface area contributed by atoms with Gasteiger partial charge >= 0.3 is 0 Å². The lowest BCUT2D eigenvalue weighted by molar-refractivity contribution is -0.137.